The number of ether oxygens (including phenoxy) is 6. The minimum Gasteiger partial charge on any atom is -0.491 e. The summed E-state index contributed by atoms with van der Waals surface area (Å²) in [4.78, 5) is 0. The predicted molar refractivity (Wildman–Crippen MR) is 126 cm³/mol. The fourth-order valence-corrected chi connectivity index (χ4v) is 8.92. The molecule has 7 aliphatic rings. The third-order valence-electron chi connectivity index (χ3n) is 10.8. The Bertz CT molecular complexity index is 961. The van der Waals surface area contributed by atoms with E-state index in [0.717, 1.165) is 38.7 Å². The lowest BCUT2D eigenvalue weighted by molar-refractivity contribution is -0.265. The molecular formula is C28H40O7. The minimum atomic E-state index is -0.608. The Hall–Kier alpha value is -0.960. The molecule has 1 saturated carbocycles. The van der Waals surface area contributed by atoms with E-state index in [2.05, 4.69) is 19.9 Å². The third-order valence-corrected chi connectivity index (χ3v) is 10.8. The van der Waals surface area contributed by atoms with Crippen LogP contribution in [0.2, 0.25) is 0 Å². The first kappa shape index (κ1) is 23.2. The molecule has 0 unspecified atom stereocenters. The highest BCUT2D eigenvalue weighted by atomic mass is 16.7. The predicted octanol–water partition coefficient (Wildman–Crippen LogP) is 3.84. The number of fused-ring (bicyclic) bond motifs is 3. The molecule has 11 atom stereocenters. The Labute approximate surface area is 208 Å². The average molecular weight is 489 g/mol. The lowest BCUT2D eigenvalue weighted by atomic mass is 9.52. The van der Waals surface area contributed by atoms with Gasteiger partial charge < -0.3 is 33.5 Å². The molecule has 194 valence electrons. The van der Waals surface area contributed by atoms with E-state index in [1.807, 2.05) is 6.92 Å². The van der Waals surface area contributed by atoms with E-state index in [1.165, 1.54) is 17.8 Å². The summed E-state index contributed by atoms with van der Waals surface area (Å²) in [5.41, 5.74) is 3.25. The number of aliphatic hydroxyl groups excluding tert-OH is 1. The maximum atomic E-state index is 10.3. The summed E-state index contributed by atoms with van der Waals surface area (Å²) in [7, 11) is 1.65. The molecule has 0 aromatic carbocycles. The van der Waals surface area contributed by atoms with E-state index < -0.39 is 11.9 Å². The van der Waals surface area contributed by atoms with Crippen molar-refractivity contribution in [1.29, 1.82) is 0 Å². The van der Waals surface area contributed by atoms with Gasteiger partial charge in [0.15, 0.2) is 12.1 Å². The zero-order valence-corrected chi connectivity index (χ0v) is 21.5. The van der Waals surface area contributed by atoms with Crippen molar-refractivity contribution >= 4 is 0 Å². The number of hydrogen-bond donors (Lipinski definition) is 1. The first-order chi connectivity index (χ1) is 16.8. The van der Waals surface area contributed by atoms with Crippen LogP contribution >= 0.6 is 0 Å². The summed E-state index contributed by atoms with van der Waals surface area (Å²) in [6.07, 6.45) is 8.26. The number of allylic oxidation sites excluding steroid dienone is 2. The summed E-state index contributed by atoms with van der Waals surface area (Å²) >= 11 is 0. The lowest BCUT2D eigenvalue weighted by Crippen LogP contribution is -2.50. The van der Waals surface area contributed by atoms with Crippen LogP contribution in [-0.2, 0) is 28.4 Å². The zero-order valence-electron chi connectivity index (χ0n) is 21.5. The molecule has 35 heavy (non-hydrogen) atoms. The van der Waals surface area contributed by atoms with Gasteiger partial charge in [-0.2, -0.15) is 0 Å². The second-order valence-corrected chi connectivity index (χ2v) is 12.5. The van der Waals surface area contributed by atoms with Crippen LogP contribution in [0, 0.1) is 22.7 Å². The van der Waals surface area contributed by atoms with Gasteiger partial charge in [0.2, 0.25) is 0 Å². The van der Waals surface area contributed by atoms with Gasteiger partial charge in [0, 0.05) is 13.5 Å². The molecule has 7 nitrogen and oxygen atoms in total. The minimum absolute atomic E-state index is 0.0151. The van der Waals surface area contributed by atoms with Crippen LogP contribution in [0.15, 0.2) is 23.0 Å². The third kappa shape index (κ3) is 3.12. The second-order valence-electron chi connectivity index (χ2n) is 12.5. The van der Waals surface area contributed by atoms with Crippen LogP contribution in [0.25, 0.3) is 0 Å². The van der Waals surface area contributed by atoms with Gasteiger partial charge in [0.05, 0.1) is 42.9 Å². The van der Waals surface area contributed by atoms with Gasteiger partial charge >= 0.3 is 0 Å². The van der Waals surface area contributed by atoms with Crippen LogP contribution in [0.5, 0.6) is 0 Å². The number of rotatable bonds is 3. The average Bonchev–Trinajstić information content (AvgIpc) is 3.46. The molecule has 0 bridgehead atoms. The van der Waals surface area contributed by atoms with Crippen molar-refractivity contribution in [2.24, 2.45) is 22.7 Å². The van der Waals surface area contributed by atoms with Gasteiger partial charge in [-0.05, 0) is 69.3 Å². The van der Waals surface area contributed by atoms with Gasteiger partial charge in [0.1, 0.15) is 18.0 Å². The molecule has 0 amide bonds. The molecule has 4 aliphatic heterocycles. The van der Waals surface area contributed by atoms with Gasteiger partial charge in [-0.15, -0.1) is 0 Å². The van der Waals surface area contributed by atoms with Gasteiger partial charge in [-0.3, -0.25) is 0 Å². The largest absolute Gasteiger partial charge is 0.491 e. The quantitative estimate of drug-likeness (QED) is 0.605. The molecule has 0 aromatic rings. The SMILES string of the molecule is CO[C@@H]1C[C@H](O[C@H]2CC[C@@]3(C)C(=CCC4=C5O[C@@H]6CO[C@@]7(C)OC[C@@]5(CC[C@@H]43)[C@H]67)C2)O[C@H](C)[C@H]1O. The molecule has 7 heteroatoms. The highest BCUT2D eigenvalue weighted by Gasteiger charge is 2.72. The number of methoxy groups -OCH3 is 1. The lowest BCUT2D eigenvalue weighted by Gasteiger charge is -2.52. The van der Waals surface area contributed by atoms with Gasteiger partial charge in [-0.1, -0.05) is 18.6 Å². The molecule has 0 radical (unpaired) electrons. The van der Waals surface area contributed by atoms with Crippen molar-refractivity contribution in [3.63, 3.8) is 0 Å². The van der Waals surface area contributed by atoms with Crippen LogP contribution in [0.1, 0.15) is 65.7 Å². The summed E-state index contributed by atoms with van der Waals surface area (Å²) < 4.78 is 37.0. The Morgan fingerprint density at radius 1 is 1.14 bits per heavy atom. The maximum absolute atomic E-state index is 10.3. The summed E-state index contributed by atoms with van der Waals surface area (Å²) in [5, 5.41) is 10.3. The Morgan fingerprint density at radius 2 is 2.00 bits per heavy atom. The smallest absolute Gasteiger partial charge is 0.173 e. The van der Waals surface area contributed by atoms with Crippen LogP contribution in [0.3, 0.4) is 0 Å². The van der Waals surface area contributed by atoms with Crippen molar-refractivity contribution in [2.45, 2.75) is 108 Å². The van der Waals surface area contributed by atoms with E-state index in [0.29, 0.717) is 24.9 Å². The van der Waals surface area contributed by atoms with Crippen LogP contribution in [0.4, 0.5) is 0 Å². The normalized spacial score (nSPS) is 54.5. The molecule has 5 fully saturated rings. The Kier molecular flexibility index (Phi) is 5.15. The monoisotopic (exact) mass is 488 g/mol. The summed E-state index contributed by atoms with van der Waals surface area (Å²) in [6, 6.07) is 0. The van der Waals surface area contributed by atoms with Crippen molar-refractivity contribution in [2.75, 3.05) is 20.3 Å². The van der Waals surface area contributed by atoms with E-state index in [9.17, 15) is 5.11 Å². The molecule has 1 spiro atoms. The first-order valence-electron chi connectivity index (χ1n) is 13.7. The number of aliphatic hydroxyl groups is 1. The topological polar surface area (TPSA) is 75.6 Å². The molecule has 3 aliphatic carbocycles. The van der Waals surface area contributed by atoms with Crippen molar-refractivity contribution in [3.8, 4) is 0 Å². The molecule has 1 N–H and O–H groups in total. The van der Waals surface area contributed by atoms with Crippen molar-refractivity contribution in [1.82, 2.24) is 0 Å². The molecule has 4 heterocycles. The molecular weight excluding hydrogens is 448 g/mol. The van der Waals surface area contributed by atoms with E-state index in [1.54, 1.807) is 12.7 Å². The Balaban J connectivity index is 1.11. The zero-order chi connectivity index (χ0) is 24.2. The van der Waals surface area contributed by atoms with E-state index in [-0.39, 0.29) is 41.5 Å². The highest BCUT2D eigenvalue weighted by molar-refractivity contribution is 5.40. The highest BCUT2D eigenvalue weighted by Crippen LogP contribution is 2.68. The van der Waals surface area contributed by atoms with E-state index >= 15 is 0 Å². The van der Waals surface area contributed by atoms with Crippen LogP contribution in [-0.4, -0.2) is 68.0 Å². The summed E-state index contributed by atoms with van der Waals surface area (Å²) in [6.45, 7) is 7.86. The fourth-order valence-electron chi connectivity index (χ4n) is 8.92. The van der Waals surface area contributed by atoms with Crippen molar-refractivity contribution < 1.29 is 33.5 Å². The maximum Gasteiger partial charge on any atom is 0.173 e. The molecule has 0 aromatic heterocycles. The van der Waals surface area contributed by atoms with E-state index in [4.69, 9.17) is 28.4 Å². The van der Waals surface area contributed by atoms with Gasteiger partial charge in [0.25, 0.3) is 0 Å². The molecule has 4 saturated heterocycles. The Morgan fingerprint density at radius 3 is 2.83 bits per heavy atom. The van der Waals surface area contributed by atoms with Crippen molar-refractivity contribution in [3.05, 3.63) is 23.0 Å². The van der Waals surface area contributed by atoms with Crippen LogP contribution < -0.4 is 0 Å². The van der Waals surface area contributed by atoms with Gasteiger partial charge in [-0.25, -0.2) is 0 Å². The second kappa shape index (κ2) is 7.78. The standard InChI is InChI=1S/C28H40O7/c1-15-23(29)20(30-4)12-22(33-15)34-17-7-9-26(2)16(11-17)5-6-18-19(26)8-10-28-14-32-27(3)24(28)21(13-31-27)35-25(18)28/h5,15,17,19-24,29H,6-14H2,1-4H3/t15-,17+,19+,20-,21-,22+,23-,24-,26+,27+,28+/m1/s1. The first-order valence-corrected chi connectivity index (χ1v) is 13.7. The molecule has 7 rings (SSSR count). The summed E-state index contributed by atoms with van der Waals surface area (Å²) in [5.74, 6) is 1.65. The number of hydrogen-bond acceptors (Lipinski definition) is 7. The fraction of sp³-hybridized carbons (Fsp3) is 0.857.